The molecule has 42 heavy (non-hydrogen) atoms. The van der Waals surface area contributed by atoms with Crippen molar-refractivity contribution in [3.8, 4) is 11.6 Å². The number of sulfone groups is 1. The van der Waals surface area contributed by atoms with Crippen molar-refractivity contribution in [2.24, 2.45) is 11.8 Å². The van der Waals surface area contributed by atoms with Gasteiger partial charge in [0.15, 0.2) is 9.84 Å². The Morgan fingerprint density at radius 2 is 1.93 bits per heavy atom. The first-order chi connectivity index (χ1) is 20.3. The van der Waals surface area contributed by atoms with Crippen LogP contribution >= 0.6 is 0 Å². The number of benzene rings is 1. The molecule has 1 aromatic carbocycles. The molecule has 226 valence electrons. The molecular weight excluding hydrogens is 552 g/mol. The molecule has 3 aliphatic rings. The maximum absolute atomic E-state index is 13.2. The largest absolute Gasteiger partial charge is 0.493 e. The molecule has 2 aliphatic heterocycles. The first-order valence-electron chi connectivity index (χ1n) is 15.4. The zero-order valence-corrected chi connectivity index (χ0v) is 25.4. The maximum Gasteiger partial charge on any atom is 0.225 e. The Kier molecular flexibility index (Phi) is 8.40. The summed E-state index contributed by atoms with van der Waals surface area (Å²) in [6.45, 7) is 8.47. The number of piperazine rings is 1. The predicted octanol–water partition coefficient (Wildman–Crippen LogP) is 3.76. The molecule has 10 nitrogen and oxygen atoms in total. The van der Waals surface area contributed by atoms with Crippen molar-refractivity contribution in [1.29, 1.82) is 0 Å². The van der Waals surface area contributed by atoms with Crippen LogP contribution in [0.5, 0.6) is 5.75 Å². The summed E-state index contributed by atoms with van der Waals surface area (Å²) in [6.07, 6.45) is 8.01. The minimum Gasteiger partial charge on any atom is -0.493 e. The van der Waals surface area contributed by atoms with E-state index < -0.39 is 9.84 Å². The summed E-state index contributed by atoms with van der Waals surface area (Å²) in [5, 5.41) is 4.48. The van der Waals surface area contributed by atoms with E-state index >= 15 is 0 Å². The fourth-order valence-corrected chi connectivity index (χ4v) is 8.66. The Bertz CT molecular complexity index is 1520. The van der Waals surface area contributed by atoms with Crippen LogP contribution in [-0.2, 0) is 14.6 Å². The third-order valence-electron chi connectivity index (χ3n) is 9.27. The number of ether oxygens (including phenoxy) is 1. The Morgan fingerprint density at radius 1 is 1.10 bits per heavy atom. The van der Waals surface area contributed by atoms with Gasteiger partial charge in [-0.1, -0.05) is 13.0 Å². The van der Waals surface area contributed by atoms with Gasteiger partial charge in [0.1, 0.15) is 11.6 Å². The van der Waals surface area contributed by atoms with Gasteiger partial charge in [0, 0.05) is 61.3 Å². The number of rotatable bonds is 8. The monoisotopic (exact) mass is 594 g/mol. The summed E-state index contributed by atoms with van der Waals surface area (Å²) in [4.78, 5) is 27.1. The topological polar surface area (TPSA) is 110 Å². The van der Waals surface area contributed by atoms with E-state index in [-0.39, 0.29) is 29.4 Å². The van der Waals surface area contributed by atoms with Crippen LogP contribution in [0.25, 0.3) is 16.7 Å². The van der Waals surface area contributed by atoms with Crippen LogP contribution in [0.1, 0.15) is 46.0 Å². The van der Waals surface area contributed by atoms with Gasteiger partial charge in [0.2, 0.25) is 11.9 Å². The minimum atomic E-state index is -2.93. The fourth-order valence-electron chi connectivity index (χ4n) is 6.82. The Labute approximate surface area is 248 Å². The van der Waals surface area contributed by atoms with Crippen molar-refractivity contribution in [1.82, 2.24) is 24.3 Å². The van der Waals surface area contributed by atoms with Crippen molar-refractivity contribution < 1.29 is 17.9 Å². The van der Waals surface area contributed by atoms with E-state index in [0.717, 1.165) is 74.3 Å². The zero-order chi connectivity index (χ0) is 29.3. The third kappa shape index (κ3) is 6.27. The van der Waals surface area contributed by atoms with Gasteiger partial charge in [-0.15, -0.1) is 0 Å². The van der Waals surface area contributed by atoms with Gasteiger partial charge >= 0.3 is 0 Å². The average molecular weight is 595 g/mol. The molecule has 1 N–H and O–H groups in total. The number of carbonyl (C=O) groups excluding carboxylic acids is 1. The highest BCUT2D eigenvalue weighted by Crippen LogP contribution is 2.31. The molecule has 1 unspecified atom stereocenters. The van der Waals surface area contributed by atoms with Gasteiger partial charge in [-0.05, 0) is 69.8 Å². The standard InChI is InChI=1S/C31H42N6O4S/c1-3-35-16-17-36(19-22(35)2)30(38)24-7-9-25(10-8-24)33-31-32-14-11-29(34-31)37-15-12-26-27(37)5-4-6-28(26)41-20-23-13-18-42(39,40)21-23/h4-6,11-12,14-15,22-25H,3,7-10,13,16-21H2,1-2H3,(H,32,33,34)/t22-,23?,24-,25-/m0/s1. The number of hydrogen-bond donors (Lipinski definition) is 1. The SMILES string of the molecule is CCN1CCN(C(=O)[C@H]2CC[C@H](Nc3nccc(-n4ccc5c(OCC6CCS(=O)(=O)C6)cccc54)n3)CC2)C[C@@H]1C. The van der Waals surface area contributed by atoms with Crippen molar-refractivity contribution >= 4 is 32.6 Å². The highest BCUT2D eigenvalue weighted by atomic mass is 32.2. The summed E-state index contributed by atoms with van der Waals surface area (Å²) >= 11 is 0. The van der Waals surface area contributed by atoms with Gasteiger partial charge in [0.05, 0.1) is 23.6 Å². The van der Waals surface area contributed by atoms with E-state index in [4.69, 9.17) is 9.72 Å². The van der Waals surface area contributed by atoms with Gasteiger partial charge in [-0.25, -0.2) is 13.4 Å². The summed E-state index contributed by atoms with van der Waals surface area (Å²) < 4.78 is 31.7. The van der Waals surface area contributed by atoms with Crippen LogP contribution in [0.3, 0.4) is 0 Å². The van der Waals surface area contributed by atoms with Crippen LogP contribution in [0.4, 0.5) is 5.95 Å². The van der Waals surface area contributed by atoms with E-state index in [2.05, 4.69) is 33.9 Å². The highest BCUT2D eigenvalue weighted by Gasteiger charge is 2.33. The molecule has 1 saturated carbocycles. The highest BCUT2D eigenvalue weighted by molar-refractivity contribution is 7.91. The van der Waals surface area contributed by atoms with Gasteiger partial charge in [-0.2, -0.15) is 4.98 Å². The van der Waals surface area contributed by atoms with E-state index in [1.807, 2.05) is 41.1 Å². The minimum absolute atomic E-state index is 0.0382. The lowest BCUT2D eigenvalue weighted by Crippen LogP contribution is -2.54. The summed E-state index contributed by atoms with van der Waals surface area (Å²) in [6, 6.07) is 10.5. The number of fused-ring (bicyclic) bond motifs is 1. The lowest BCUT2D eigenvalue weighted by molar-refractivity contribution is -0.139. The number of nitrogens with zero attached hydrogens (tertiary/aromatic N) is 5. The molecule has 3 aromatic rings. The third-order valence-corrected chi connectivity index (χ3v) is 11.1. The first kappa shape index (κ1) is 28.9. The number of hydrogen-bond acceptors (Lipinski definition) is 8. The average Bonchev–Trinajstić information content (AvgIpc) is 3.59. The molecule has 1 aliphatic carbocycles. The fraction of sp³-hybridized carbons (Fsp3) is 0.581. The number of anilines is 1. The molecule has 6 rings (SSSR count). The summed E-state index contributed by atoms with van der Waals surface area (Å²) in [5.41, 5.74) is 0.962. The lowest BCUT2D eigenvalue weighted by atomic mass is 9.85. The molecule has 2 aromatic heterocycles. The summed E-state index contributed by atoms with van der Waals surface area (Å²) in [5.74, 6) is 3.01. The zero-order valence-electron chi connectivity index (χ0n) is 24.6. The molecule has 0 spiro atoms. The molecule has 3 fully saturated rings. The van der Waals surface area contributed by atoms with Crippen LogP contribution in [-0.4, -0.2) is 95.0 Å². The Hall–Kier alpha value is -3.18. The van der Waals surface area contributed by atoms with E-state index in [1.165, 1.54) is 0 Å². The quantitative estimate of drug-likeness (QED) is 0.420. The van der Waals surface area contributed by atoms with Gasteiger partial charge in [0.25, 0.3) is 0 Å². The molecule has 0 bridgehead atoms. The number of nitrogens with one attached hydrogen (secondary N) is 1. The van der Waals surface area contributed by atoms with Gasteiger partial charge < -0.3 is 19.5 Å². The molecule has 2 atom stereocenters. The molecule has 2 saturated heterocycles. The van der Waals surface area contributed by atoms with Crippen molar-refractivity contribution in [2.45, 2.75) is 58.0 Å². The van der Waals surface area contributed by atoms with Crippen molar-refractivity contribution in [3.05, 3.63) is 42.7 Å². The number of amides is 1. The second kappa shape index (κ2) is 12.2. The number of likely N-dealkylation sites (N-methyl/N-ethyl adjacent to an activating group) is 1. The molecular formula is C31H42N6O4S. The molecule has 4 heterocycles. The number of aromatic nitrogens is 3. The van der Waals surface area contributed by atoms with Crippen molar-refractivity contribution in [3.63, 3.8) is 0 Å². The van der Waals surface area contributed by atoms with Crippen LogP contribution in [0.15, 0.2) is 42.7 Å². The van der Waals surface area contributed by atoms with E-state index in [1.54, 1.807) is 6.20 Å². The first-order valence-corrected chi connectivity index (χ1v) is 17.2. The van der Waals surface area contributed by atoms with Crippen LogP contribution in [0, 0.1) is 11.8 Å². The van der Waals surface area contributed by atoms with Gasteiger partial charge in [-0.3, -0.25) is 9.69 Å². The second-order valence-electron chi connectivity index (χ2n) is 12.1. The summed E-state index contributed by atoms with van der Waals surface area (Å²) in [7, 11) is -2.93. The number of carbonyl (C=O) groups is 1. The normalized spacial score (nSPS) is 26.4. The molecule has 11 heteroatoms. The lowest BCUT2D eigenvalue weighted by Gasteiger charge is -2.41. The van der Waals surface area contributed by atoms with Crippen LogP contribution < -0.4 is 10.1 Å². The van der Waals surface area contributed by atoms with E-state index in [9.17, 15) is 13.2 Å². The molecule has 0 radical (unpaired) electrons. The smallest absolute Gasteiger partial charge is 0.225 e. The van der Waals surface area contributed by atoms with E-state index in [0.29, 0.717) is 30.9 Å². The van der Waals surface area contributed by atoms with Crippen molar-refractivity contribution in [2.75, 3.05) is 49.6 Å². The van der Waals surface area contributed by atoms with Crippen LogP contribution in [0.2, 0.25) is 0 Å². The Balaban J connectivity index is 1.06. The maximum atomic E-state index is 13.2. The Morgan fingerprint density at radius 3 is 2.67 bits per heavy atom. The second-order valence-corrected chi connectivity index (χ2v) is 14.4. The predicted molar refractivity (Wildman–Crippen MR) is 164 cm³/mol. The molecule has 1 amide bonds.